The second-order valence-corrected chi connectivity index (χ2v) is 4.07. The number of ether oxygens (including phenoxy) is 1. The highest BCUT2D eigenvalue weighted by Crippen LogP contribution is 2.20. The van der Waals surface area contributed by atoms with Crippen LogP contribution in [0.3, 0.4) is 0 Å². The summed E-state index contributed by atoms with van der Waals surface area (Å²) >= 11 is 0. The molecule has 0 radical (unpaired) electrons. The van der Waals surface area contributed by atoms with E-state index in [-0.39, 0.29) is 18.2 Å². The van der Waals surface area contributed by atoms with Crippen molar-refractivity contribution in [2.24, 2.45) is 0 Å². The third-order valence-corrected chi connectivity index (χ3v) is 3.11. The fraction of sp³-hybridized carbons (Fsp3) is 0.900. The molecule has 2 atom stereocenters. The van der Waals surface area contributed by atoms with Gasteiger partial charge in [0.1, 0.15) is 0 Å². The van der Waals surface area contributed by atoms with Gasteiger partial charge in [-0.05, 0) is 26.2 Å². The van der Waals surface area contributed by atoms with Crippen molar-refractivity contribution in [2.45, 2.75) is 38.3 Å². The standard InChI is InChI=1S/C10H18N2O2/c1-8(9-4-2-7-14-9)12-6-3-5-11-10(12)13/h8-9H,2-7H2,1H3,(H,11,13). The van der Waals surface area contributed by atoms with Gasteiger partial charge in [0.2, 0.25) is 0 Å². The van der Waals surface area contributed by atoms with Gasteiger partial charge in [-0.15, -0.1) is 0 Å². The van der Waals surface area contributed by atoms with E-state index in [0.717, 1.165) is 39.0 Å². The van der Waals surface area contributed by atoms with Crippen LogP contribution in [0.5, 0.6) is 0 Å². The van der Waals surface area contributed by atoms with Crippen molar-refractivity contribution in [3.05, 3.63) is 0 Å². The molecule has 1 N–H and O–H groups in total. The molecule has 2 aliphatic heterocycles. The fourth-order valence-corrected chi connectivity index (χ4v) is 2.22. The van der Waals surface area contributed by atoms with Crippen molar-refractivity contribution >= 4 is 6.03 Å². The molecule has 0 aromatic rings. The Balaban J connectivity index is 1.94. The second kappa shape index (κ2) is 4.17. The van der Waals surface area contributed by atoms with Crippen molar-refractivity contribution < 1.29 is 9.53 Å². The molecule has 2 rings (SSSR count). The molecule has 2 aliphatic rings. The van der Waals surface area contributed by atoms with Gasteiger partial charge in [-0.3, -0.25) is 0 Å². The zero-order valence-corrected chi connectivity index (χ0v) is 8.66. The highest BCUT2D eigenvalue weighted by Gasteiger charge is 2.31. The van der Waals surface area contributed by atoms with Gasteiger partial charge in [0.15, 0.2) is 0 Å². The summed E-state index contributed by atoms with van der Waals surface area (Å²) in [6, 6.07) is 0.289. The van der Waals surface area contributed by atoms with E-state index >= 15 is 0 Å². The lowest BCUT2D eigenvalue weighted by Crippen LogP contribution is -2.53. The predicted molar refractivity (Wildman–Crippen MR) is 53.2 cm³/mol. The maximum absolute atomic E-state index is 11.6. The summed E-state index contributed by atoms with van der Waals surface area (Å²) in [5.41, 5.74) is 0. The van der Waals surface area contributed by atoms with Crippen molar-refractivity contribution in [1.82, 2.24) is 10.2 Å². The molecule has 0 spiro atoms. The van der Waals surface area contributed by atoms with Gasteiger partial charge in [-0.2, -0.15) is 0 Å². The lowest BCUT2D eigenvalue weighted by Gasteiger charge is -2.35. The van der Waals surface area contributed by atoms with Crippen LogP contribution in [0.4, 0.5) is 4.79 Å². The monoisotopic (exact) mass is 198 g/mol. The topological polar surface area (TPSA) is 41.6 Å². The molecule has 2 amide bonds. The van der Waals surface area contributed by atoms with E-state index in [4.69, 9.17) is 4.74 Å². The maximum atomic E-state index is 11.6. The molecule has 2 unspecified atom stereocenters. The van der Waals surface area contributed by atoms with Crippen LogP contribution in [0.1, 0.15) is 26.2 Å². The van der Waals surface area contributed by atoms with Crippen LogP contribution >= 0.6 is 0 Å². The molecule has 0 bridgehead atoms. The summed E-state index contributed by atoms with van der Waals surface area (Å²) in [6.07, 6.45) is 3.51. The Morgan fingerprint density at radius 1 is 1.57 bits per heavy atom. The minimum Gasteiger partial charge on any atom is -0.376 e. The number of urea groups is 1. The number of hydrogen-bond acceptors (Lipinski definition) is 2. The molecule has 0 saturated carbocycles. The molecule has 2 heterocycles. The van der Waals surface area contributed by atoms with E-state index in [1.165, 1.54) is 0 Å². The Bertz CT molecular complexity index is 214. The molecule has 0 aromatic carbocycles. The number of hydrogen-bond donors (Lipinski definition) is 1. The van der Waals surface area contributed by atoms with Crippen molar-refractivity contribution in [3.63, 3.8) is 0 Å². The molecule has 80 valence electrons. The van der Waals surface area contributed by atoms with E-state index in [9.17, 15) is 4.79 Å². The normalized spacial score (nSPS) is 30.2. The first-order valence-electron chi connectivity index (χ1n) is 5.45. The number of nitrogens with zero attached hydrogens (tertiary/aromatic N) is 1. The highest BCUT2D eigenvalue weighted by atomic mass is 16.5. The van der Waals surface area contributed by atoms with Gasteiger partial charge < -0.3 is 15.0 Å². The minimum atomic E-state index is 0.0688. The first-order valence-corrected chi connectivity index (χ1v) is 5.45. The van der Waals surface area contributed by atoms with E-state index in [1.807, 2.05) is 4.90 Å². The van der Waals surface area contributed by atoms with Gasteiger partial charge in [-0.1, -0.05) is 0 Å². The van der Waals surface area contributed by atoms with Crippen LogP contribution in [0.2, 0.25) is 0 Å². The number of carbonyl (C=O) groups excluding carboxylic acids is 1. The average molecular weight is 198 g/mol. The molecule has 2 saturated heterocycles. The Kier molecular flexibility index (Phi) is 2.91. The maximum Gasteiger partial charge on any atom is 0.317 e. The Morgan fingerprint density at radius 3 is 3.07 bits per heavy atom. The third kappa shape index (κ3) is 1.85. The van der Waals surface area contributed by atoms with Crippen LogP contribution in [-0.4, -0.2) is 42.8 Å². The first kappa shape index (κ1) is 9.77. The minimum absolute atomic E-state index is 0.0688. The average Bonchev–Trinajstić information content (AvgIpc) is 2.70. The van der Waals surface area contributed by atoms with E-state index in [0.29, 0.717) is 0 Å². The van der Waals surface area contributed by atoms with E-state index in [2.05, 4.69) is 12.2 Å². The summed E-state index contributed by atoms with van der Waals surface area (Å²) in [4.78, 5) is 13.5. The largest absolute Gasteiger partial charge is 0.376 e. The Hall–Kier alpha value is -0.770. The fourth-order valence-electron chi connectivity index (χ4n) is 2.22. The summed E-state index contributed by atoms with van der Waals surface area (Å²) in [5, 5.41) is 2.87. The van der Waals surface area contributed by atoms with Crippen LogP contribution in [0.15, 0.2) is 0 Å². The highest BCUT2D eigenvalue weighted by molar-refractivity contribution is 5.75. The van der Waals surface area contributed by atoms with E-state index in [1.54, 1.807) is 0 Å². The second-order valence-electron chi connectivity index (χ2n) is 4.07. The Morgan fingerprint density at radius 2 is 2.43 bits per heavy atom. The quantitative estimate of drug-likeness (QED) is 0.718. The number of carbonyl (C=O) groups is 1. The summed E-state index contributed by atoms with van der Waals surface area (Å²) in [6.45, 7) is 4.62. The SMILES string of the molecule is CC(C1CCCO1)N1CCCNC1=O. The molecule has 14 heavy (non-hydrogen) atoms. The third-order valence-electron chi connectivity index (χ3n) is 3.11. The summed E-state index contributed by atoms with van der Waals surface area (Å²) in [5.74, 6) is 0. The molecule has 4 heteroatoms. The predicted octanol–water partition coefficient (Wildman–Crippen LogP) is 0.969. The lowest BCUT2D eigenvalue weighted by atomic mass is 10.1. The number of rotatable bonds is 2. The van der Waals surface area contributed by atoms with Crippen LogP contribution in [0.25, 0.3) is 0 Å². The van der Waals surface area contributed by atoms with Crippen LogP contribution in [-0.2, 0) is 4.74 Å². The first-order chi connectivity index (χ1) is 6.79. The van der Waals surface area contributed by atoms with Gasteiger partial charge in [0.25, 0.3) is 0 Å². The molecule has 2 fully saturated rings. The number of nitrogens with one attached hydrogen (secondary N) is 1. The van der Waals surface area contributed by atoms with Crippen molar-refractivity contribution in [2.75, 3.05) is 19.7 Å². The molecular weight excluding hydrogens is 180 g/mol. The van der Waals surface area contributed by atoms with Crippen molar-refractivity contribution in [1.29, 1.82) is 0 Å². The van der Waals surface area contributed by atoms with Crippen LogP contribution in [0, 0.1) is 0 Å². The zero-order valence-electron chi connectivity index (χ0n) is 8.66. The summed E-state index contributed by atoms with van der Waals surface area (Å²) in [7, 11) is 0. The molecule has 0 aromatic heterocycles. The van der Waals surface area contributed by atoms with Gasteiger partial charge in [0, 0.05) is 19.7 Å². The van der Waals surface area contributed by atoms with Gasteiger partial charge in [0.05, 0.1) is 12.1 Å². The number of amides is 2. The van der Waals surface area contributed by atoms with Gasteiger partial charge in [-0.25, -0.2) is 4.79 Å². The van der Waals surface area contributed by atoms with Crippen molar-refractivity contribution in [3.8, 4) is 0 Å². The van der Waals surface area contributed by atoms with E-state index < -0.39 is 0 Å². The zero-order chi connectivity index (χ0) is 9.97. The summed E-state index contributed by atoms with van der Waals surface area (Å²) < 4.78 is 5.59. The van der Waals surface area contributed by atoms with Gasteiger partial charge >= 0.3 is 6.03 Å². The van der Waals surface area contributed by atoms with Crippen LogP contribution < -0.4 is 5.32 Å². The smallest absolute Gasteiger partial charge is 0.317 e. The Labute approximate surface area is 84.6 Å². The molecule has 4 nitrogen and oxygen atoms in total. The molecular formula is C10H18N2O2. The lowest BCUT2D eigenvalue weighted by molar-refractivity contribution is 0.0408. The molecule has 0 aliphatic carbocycles.